The highest BCUT2D eigenvalue weighted by atomic mass is 15.2. The minimum Gasteiger partial charge on any atom is -0.308 e. The van der Waals surface area contributed by atoms with E-state index in [1.165, 1.54) is 54.1 Å². The van der Waals surface area contributed by atoms with Gasteiger partial charge in [0.05, 0.1) is 16.7 Å². The van der Waals surface area contributed by atoms with Gasteiger partial charge in [-0.2, -0.15) is 0 Å². The highest BCUT2D eigenvalue weighted by molar-refractivity contribution is 6.21. The van der Waals surface area contributed by atoms with Crippen molar-refractivity contribution in [3.8, 4) is 5.69 Å². The van der Waals surface area contributed by atoms with Crippen LogP contribution in [-0.4, -0.2) is 4.57 Å². The van der Waals surface area contributed by atoms with Gasteiger partial charge in [-0.1, -0.05) is 121 Å². The Morgan fingerprint density at radius 3 is 1.86 bits per heavy atom. The van der Waals surface area contributed by atoms with Gasteiger partial charge in [-0.05, 0) is 80.8 Å². The number of benzene rings is 8. The fraction of sp³-hybridized carbons (Fsp3) is 0. The van der Waals surface area contributed by atoms with Gasteiger partial charge < -0.3 is 9.47 Å². The fourth-order valence-corrected chi connectivity index (χ4v) is 6.99. The number of anilines is 3. The second-order valence-electron chi connectivity index (χ2n) is 11.4. The van der Waals surface area contributed by atoms with E-state index in [0.29, 0.717) is 0 Å². The summed E-state index contributed by atoms with van der Waals surface area (Å²) in [4.78, 5) is 2.41. The third-order valence-corrected chi connectivity index (χ3v) is 8.91. The zero-order valence-corrected chi connectivity index (χ0v) is 24.1. The quantitative estimate of drug-likeness (QED) is 0.194. The highest BCUT2D eigenvalue weighted by Gasteiger charge is 2.21. The summed E-state index contributed by atoms with van der Waals surface area (Å²) in [6.07, 6.45) is 0. The number of rotatable bonds is 4. The maximum atomic E-state index is 2.41. The molecule has 44 heavy (non-hydrogen) atoms. The molecular weight excluding hydrogens is 532 g/mol. The van der Waals surface area contributed by atoms with Crippen molar-refractivity contribution in [2.45, 2.75) is 0 Å². The molecule has 0 atom stereocenters. The van der Waals surface area contributed by atoms with Crippen molar-refractivity contribution in [2.75, 3.05) is 4.90 Å². The fourth-order valence-electron chi connectivity index (χ4n) is 6.99. The van der Waals surface area contributed by atoms with Gasteiger partial charge in [0.15, 0.2) is 0 Å². The molecule has 0 radical (unpaired) electrons. The number of fused-ring (bicyclic) bond motifs is 8. The summed E-state index contributed by atoms with van der Waals surface area (Å²) in [6, 6.07) is 61.5. The maximum absolute atomic E-state index is 2.41. The van der Waals surface area contributed by atoms with Gasteiger partial charge in [-0.25, -0.2) is 0 Å². The van der Waals surface area contributed by atoms with E-state index in [4.69, 9.17) is 0 Å². The van der Waals surface area contributed by atoms with Crippen molar-refractivity contribution in [3.63, 3.8) is 0 Å². The van der Waals surface area contributed by atoms with Crippen molar-refractivity contribution in [3.05, 3.63) is 170 Å². The third-order valence-electron chi connectivity index (χ3n) is 8.91. The van der Waals surface area contributed by atoms with Crippen molar-refractivity contribution in [1.82, 2.24) is 4.57 Å². The van der Waals surface area contributed by atoms with Crippen molar-refractivity contribution in [2.24, 2.45) is 0 Å². The molecule has 0 fully saturated rings. The standard InChI is InChI=1S/C42H28N2/c1-3-13-32(14-4-1)43(34-26-27-36-31(28-34)25-24-30-23-22-29-12-7-8-17-35(29)41(30)36)40-21-11-19-38-37-18-9-10-20-39(37)44(42(38)40)33-15-5-2-6-16-33/h1-28H. The molecule has 0 spiro atoms. The van der Waals surface area contributed by atoms with Gasteiger partial charge >= 0.3 is 0 Å². The predicted molar refractivity (Wildman–Crippen MR) is 188 cm³/mol. The molecule has 2 heteroatoms. The minimum absolute atomic E-state index is 1.12. The van der Waals surface area contributed by atoms with E-state index in [0.717, 1.165) is 22.7 Å². The van der Waals surface area contributed by atoms with Crippen LogP contribution in [0.4, 0.5) is 17.1 Å². The molecule has 0 aliphatic heterocycles. The number of para-hydroxylation sites is 4. The summed E-state index contributed by atoms with van der Waals surface area (Å²) in [7, 11) is 0. The molecule has 0 aliphatic carbocycles. The molecule has 0 unspecified atom stereocenters. The van der Waals surface area contributed by atoms with E-state index in [-0.39, 0.29) is 0 Å². The summed E-state index contributed by atoms with van der Waals surface area (Å²) < 4.78 is 2.41. The van der Waals surface area contributed by atoms with Gasteiger partial charge in [0, 0.05) is 27.8 Å². The second kappa shape index (κ2) is 9.86. The average molecular weight is 561 g/mol. The maximum Gasteiger partial charge on any atom is 0.0782 e. The van der Waals surface area contributed by atoms with E-state index < -0.39 is 0 Å². The van der Waals surface area contributed by atoms with E-state index in [1.54, 1.807) is 0 Å². The molecular formula is C42H28N2. The molecule has 0 saturated heterocycles. The largest absolute Gasteiger partial charge is 0.308 e. The van der Waals surface area contributed by atoms with Crippen molar-refractivity contribution >= 4 is 71.2 Å². The Balaban J connectivity index is 1.35. The van der Waals surface area contributed by atoms with Gasteiger partial charge in [0.2, 0.25) is 0 Å². The van der Waals surface area contributed by atoms with Crippen LogP contribution in [-0.2, 0) is 0 Å². The number of aromatic nitrogens is 1. The first-order valence-corrected chi connectivity index (χ1v) is 15.1. The lowest BCUT2D eigenvalue weighted by atomic mass is 9.96. The van der Waals surface area contributed by atoms with Gasteiger partial charge in [-0.15, -0.1) is 0 Å². The monoisotopic (exact) mass is 560 g/mol. The molecule has 0 N–H and O–H groups in total. The van der Waals surface area contributed by atoms with Crippen LogP contribution in [0, 0.1) is 0 Å². The molecule has 0 aliphatic rings. The van der Waals surface area contributed by atoms with Crippen LogP contribution in [0.15, 0.2) is 170 Å². The molecule has 0 saturated carbocycles. The van der Waals surface area contributed by atoms with E-state index in [1.807, 2.05) is 0 Å². The van der Waals surface area contributed by atoms with E-state index >= 15 is 0 Å². The van der Waals surface area contributed by atoms with Crippen LogP contribution in [0.2, 0.25) is 0 Å². The lowest BCUT2D eigenvalue weighted by Crippen LogP contribution is -2.11. The SMILES string of the molecule is c1ccc(N(c2ccc3c(ccc4ccc5ccccc5c43)c2)c2cccc3c4ccccc4n(-c4ccccc4)c23)cc1. The van der Waals surface area contributed by atoms with E-state index in [9.17, 15) is 0 Å². The lowest BCUT2D eigenvalue weighted by molar-refractivity contribution is 1.17. The van der Waals surface area contributed by atoms with Crippen molar-refractivity contribution < 1.29 is 0 Å². The zero-order chi connectivity index (χ0) is 29.0. The first kappa shape index (κ1) is 24.7. The Morgan fingerprint density at radius 1 is 0.386 bits per heavy atom. The topological polar surface area (TPSA) is 8.17 Å². The number of nitrogens with zero attached hydrogens (tertiary/aromatic N) is 2. The van der Waals surface area contributed by atoms with E-state index in [2.05, 4.69) is 179 Å². The second-order valence-corrected chi connectivity index (χ2v) is 11.4. The molecule has 8 aromatic carbocycles. The predicted octanol–water partition coefficient (Wildman–Crippen LogP) is 11.7. The van der Waals surface area contributed by atoms with Crippen LogP contribution in [0.25, 0.3) is 59.8 Å². The highest BCUT2D eigenvalue weighted by Crippen LogP contribution is 2.44. The Kier molecular flexibility index (Phi) is 5.54. The zero-order valence-electron chi connectivity index (χ0n) is 24.1. The Morgan fingerprint density at radius 2 is 1.02 bits per heavy atom. The summed E-state index contributed by atoms with van der Waals surface area (Å²) in [5, 5.41) is 10.1. The number of hydrogen-bond donors (Lipinski definition) is 0. The Hall–Kier alpha value is -5.86. The van der Waals surface area contributed by atoms with Crippen LogP contribution >= 0.6 is 0 Å². The van der Waals surface area contributed by atoms with Crippen LogP contribution in [0.3, 0.4) is 0 Å². The van der Waals surface area contributed by atoms with Gasteiger partial charge in [-0.3, -0.25) is 0 Å². The molecule has 2 nitrogen and oxygen atoms in total. The van der Waals surface area contributed by atoms with Gasteiger partial charge in [0.25, 0.3) is 0 Å². The Bertz CT molecular complexity index is 2490. The summed E-state index contributed by atoms with van der Waals surface area (Å²) in [5.41, 5.74) is 6.92. The van der Waals surface area contributed by atoms with Crippen LogP contribution in [0.5, 0.6) is 0 Å². The molecule has 0 bridgehead atoms. The third kappa shape index (κ3) is 3.75. The lowest BCUT2D eigenvalue weighted by Gasteiger charge is -2.27. The first-order valence-electron chi connectivity index (χ1n) is 15.1. The smallest absolute Gasteiger partial charge is 0.0782 e. The van der Waals surface area contributed by atoms with Crippen LogP contribution in [0.1, 0.15) is 0 Å². The summed E-state index contributed by atoms with van der Waals surface area (Å²) in [5.74, 6) is 0. The van der Waals surface area contributed by atoms with Gasteiger partial charge in [0.1, 0.15) is 0 Å². The normalized spacial score (nSPS) is 11.6. The molecule has 9 aromatic rings. The minimum atomic E-state index is 1.12. The van der Waals surface area contributed by atoms with Crippen LogP contribution < -0.4 is 4.90 Å². The molecule has 1 heterocycles. The average Bonchev–Trinajstić information content (AvgIpc) is 3.44. The Labute approximate surface area is 255 Å². The molecule has 1 aromatic heterocycles. The molecule has 0 amide bonds. The molecule has 9 rings (SSSR count). The first-order chi connectivity index (χ1) is 21.8. The summed E-state index contributed by atoms with van der Waals surface area (Å²) in [6.45, 7) is 0. The van der Waals surface area contributed by atoms with Crippen molar-refractivity contribution in [1.29, 1.82) is 0 Å². The number of hydrogen-bond acceptors (Lipinski definition) is 1. The molecule has 206 valence electrons. The summed E-state index contributed by atoms with van der Waals surface area (Å²) >= 11 is 0.